The van der Waals surface area contributed by atoms with Crippen molar-refractivity contribution in [3.8, 4) is 0 Å². The first-order chi connectivity index (χ1) is 1.73. The minimum atomic E-state index is -1.75. The number of nitrogens with zero attached hydrogens (tertiary/aromatic N) is 1. The quantitative estimate of drug-likeness (QED) is 0.250. The van der Waals surface area contributed by atoms with E-state index in [9.17, 15) is 0 Å². The van der Waals surface area contributed by atoms with E-state index < -0.39 is 5.09 Å². The Kier molecular flexibility index (Phi) is 24.9. The molecule has 0 aliphatic heterocycles. The second-order valence-electron chi connectivity index (χ2n) is 0.224. The van der Waals surface area contributed by atoms with Gasteiger partial charge in [0.05, 0.1) is 5.09 Å². The van der Waals surface area contributed by atoms with Crippen LogP contribution in [0.2, 0.25) is 0 Å². The van der Waals surface area contributed by atoms with Gasteiger partial charge >= 0.3 is 21.7 Å². The van der Waals surface area contributed by atoms with Crippen molar-refractivity contribution in [2.24, 2.45) is 0 Å². The summed E-state index contributed by atoms with van der Waals surface area (Å²) < 4.78 is 0. The maximum atomic E-state index is 8.25. The summed E-state index contributed by atoms with van der Waals surface area (Å²) in [5, 5.41) is 14.8. The molecule has 0 amide bonds. The second-order valence-corrected chi connectivity index (χ2v) is 0.224. The maximum absolute atomic E-state index is 8.25. The van der Waals surface area contributed by atoms with Gasteiger partial charge in [0.15, 0.2) is 0 Å². The van der Waals surface area contributed by atoms with Gasteiger partial charge in [-0.05, 0) is 0 Å². The van der Waals surface area contributed by atoms with Gasteiger partial charge in [0.25, 0.3) is 0 Å². The van der Waals surface area contributed by atoms with Crippen LogP contribution in [0.25, 0.3) is 0 Å². The maximum Gasteiger partial charge on any atom is 2.00 e. The summed E-state index contributed by atoms with van der Waals surface area (Å²) in [5.74, 6) is 0. The summed E-state index contributed by atoms with van der Waals surface area (Å²) in [6, 6.07) is 0. The third kappa shape index (κ3) is 2030. The molecule has 0 atom stereocenters. The van der Waals surface area contributed by atoms with Crippen LogP contribution in [-0.2, 0) is 21.7 Å². The summed E-state index contributed by atoms with van der Waals surface area (Å²) >= 11 is 0. The van der Waals surface area contributed by atoms with Gasteiger partial charge in [0.2, 0.25) is 0 Å². The van der Waals surface area contributed by atoms with Crippen molar-refractivity contribution >= 4 is 0 Å². The first kappa shape index (κ1) is 16.9. The SMILES string of the molecule is O=[N+]([O-])[O-].[OH-].[Ti+2]. The second kappa shape index (κ2) is 8.86. The molecule has 0 aromatic rings. The fraction of sp³-hybridized carbons (Fsp3) is 0. The van der Waals surface area contributed by atoms with E-state index in [1.165, 1.54) is 0 Å². The fourth-order valence-electron chi connectivity index (χ4n) is 0. The van der Waals surface area contributed by atoms with Crippen LogP contribution >= 0.6 is 0 Å². The van der Waals surface area contributed by atoms with Crippen LogP contribution in [0.1, 0.15) is 0 Å². The Morgan fingerprint density at radius 1 is 1.33 bits per heavy atom. The Labute approximate surface area is 48.3 Å². The molecule has 5 nitrogen and oxygen atoms in total. The smallest absolute Gasteiger partial charge is 0.870 e. The molecule has 1 N–H and O–H groups in total. The Bertz CT molecular complexity index is 30.5. The molecular weight excluding hydrogens is 126 g/mol. The number of hydrogen-bond donors (Lipinski definition) is 0. The molecule has 6 heteroatoms. The standard InChI is InChI=1S/NO3.H2O.Ti/c2-1(3)4;;/h;1H2;/q-1;;+2/p-1. The number of hydrogen-bond acceptors (Lipinski definition) is 4. The molecule has 0 saturated heterocycles. The summed E-state index contributed by atoms with van der Waals surface area (Å²) in [4.78, 5) is 8.25. The van der Waals surface area contributed by atoms with Crippen molar-refractivity contribution in [3.05, 3.63) is 15.3 Å². The molecule has 0 rings (SSSR count). The number of rotatable bonds is 0. The Morgan fingerprint density at radius 3 is 1.33 bits per heavy atom. The van der Waals surface area contributed by atoms with Gasteiger partial charge in [-0.3, -0.25) is 0 Å². The predicted molar refractivity (Wildman–Crippen MR) is 12.3 cm³/mol. The molecule has 0 radical (unpaired) electrons. The summed E-state index contributed by atoms with van der Waals surface area (Å²) in [5.41, 5.74) is 0. The van der Waals surface area contributed by atoms with Crippen molar-refractivity contribution in [3.63, 3.8) is 0 Å². The van der Waals surface area contributed by atoms with Crippen molar-refractivity contribution in [1.29, 1.82) is 0 Å². The van der Waals surface area contributed by atoms with Gasteiger partial charge in [-0.15, -0.1) is 0 Å². The molecule has 0 spiro atoms. The minimum Gasteiger partial charge on any atom is -0.870 e. The molecule has 0 aliphatic rings. The van der Waals surface area contributed by atoms with Crippen molar-refractivity contribution in [1.82, 2.24) is 0 Å². The van der Waals surface area contributed by atoms with E-state index in [4.69, 9.17) is 15.3 Å². The zero-order valence-corrected chi connectivity index (χ0v) is 4.18. The van der Waals surface area contributed by atoms with Crippen LogP contribution < -0.4 is 0 Å². The molecule has 34 valence electrons. The summed E-state index contributed by atoms with van der Waals surface area (Å²) in [7, 11) is 0. The topological polar surface area (TPSA) is 96.2 Å². The third-order valence-corrected chi connectivity index (χ3v) is 0. The van der Waals surface area contributed by atoms with Crippen LogP contribution in [0.4, 0.5) is 0 Å². The minimum absolute atomic E-state index is 0. The Hall–Kier alpha value is -0.126. The first-order valence-electron chi connectivity index (χ1n) is 0.548. The van der Waals surface area contributed by atoms with Crippen LogP contribution in [-0.4, -0.2) is 10.6 Å². The van der Waals surface area contributed by atoms with Gasteiger partial charge in [-0.1, -0.05) is 0 Å². The van der Waals surface area contributed by atoms with E-state index in [1.807, 2.05) is 0 Å². The van der Waals surface area contributed by atoms with Crippen molar-refractivity contribution in [2.75, 3.05) is 0 Å². The van der Waals surface area contributed by atoms with E-state index in [2.05, 4.69) is 0 Å². The summed E-state index contributed by atoms with van der Waals surface area (Å²) in [6.07, 6.45) is 0. The molecular formula is HNO4Ti. The average Bonchev–Trinajstić information content (AvgIpc) is 0.811. The predicted octanol–water partition coefficient (Wildman–Crippen LogP) is -0.418. The molecule has 0 bridgehead atoms. The first-order valence-corrected chi connectivity index (χ1v) is 0.548. The van der Waals surface area contributed by atoms with Crippen molar-refractivity contribution in [2.45, 2.75) is 0 Å². The zero-order valence-electron chi connectivity index (χ0n) is 2.62. The molecule has 0 aromatic carbocycles. The van der Waals surface area contributed by atoms with Crippen LogP contribution in [0.5, 0.6) is 0 Å². The molecule has 0 heterocycles. The molecule has 0 saturated carbocycles. The zero-order chi connectivity index (χ0) is 3.58. The van der Waals surface area contributed by atoms with Crippen LogP contribution in [0.15, 0.2) is 0 Å². The van der Waals surface area contributed by atoms with E-state index in [-0.39, 0.29) is 27.2 Å². The van der Waals surface area contributed by atoms with Gasteiger partial charge in [-0.25, -0.2) is 0 Å². The van der Waals surface area contributed by atoms with Crippen LogP contribution in [0.3, 0.4) is 0 Å². The van der Waals surface area contributed by atoms with Gasteiger partial charge in [0.1, 0.15) is 0 Å². The normalized spacial score (nSPS) is 4.00. The van der Waals surface area contributed by atoms with Crippen molar-refractivity contribution < 1.29 is 32.3 Å². The van der Waals surface area contributed by atoms with Crippen LogP contribution in [0, 0.1) is 15.3 Å². The summed E-state index contributed by atoms with van der Waals surface area (Å²) in [6.45, 7) is 0. The monoisotopic (exact) mass is 127 g/mol. The van der Waals surface area contributed by atoms with Gasteiger partial charge in [0, 0.05) is 0 Å². The fourth-order valence-corrected chi connectivity index (χ4v) is 0. The molecule has 0 aromatic heterocycles. The van der Waals surface area contributed by atoms with E-state index in [1.54, 1.807) is 0 Å². The molecule has 0 unspecified atom stereocenters. The Morgan fingerprint density at radius 2 is 1.33 bits per heavy atom. The average molecular weight is 127 g/mol. The van der Waals surface area contributed by atoms with E-state index >= 15 is 0 Å². The van der Waals surface area contributed by atoms with Gasteiger partial charge < -0.3 is 20.8 Å². The molecule has 6 heavy (non-hydrogen) atoms. The third-order valence-electron chi connectivity index (χ3n) is 0. The van der Waals surface area contributed by atoms with E-state index in [0.29, 0.717) is 0 Å². The molecule has 0 fully saturated rings. The van der Waals surface area contributed by atoms with E-state index in [0.717, 1.165) is 0 Å². The largest absolute Gasteiger partial charge is 2.00 e. The Balaban J connectivity index is -0.0000000450. The molecule has 0 aliphatic carbocycles. The van der Waals surface area contributed by atoms with Gasteiger partial charge in [-0.2, -0.15) is 0 Å².